The standard InChI is InChI=1S/C29H24Cl2N2O8/c1-32-26(39)28(30)12-18-16(22(29(28,31)27(32)40)13-6-9-19(34)20(11-13)41-2)7-8-17-21(18)24(36)33(23(17)35)15-5-3-4-14(10-15)25(37)38/h3-7,9-11,17-18,21-22,34H,8,12H2,1-2H3,(H,37,38)/t17-,18+,21-,22-,28+,29-/m0/s1. The topological polar surface area (TPSA) is 142 Å². The summed E-state index contributed by atoms with van der Waals surface area (Å²) >= 11 is 14.3. The minimum absolute atomic E-state index is 0.0828. The Labute approximate surface area is 244 Å². The molecule has 0 bridgehead atoms. The minimum Gasteiger partial charge on any atom is -0.504 e. The molecule has 2 N–H and O–H groups in total. The van der Waals surface area contributed by atoms with Gasteiger partial charge < -0.3 is 14.9 Å². The summed E-state index contributed by atoms with van der Waals surface area (Å²) in [4.78, 5) is 64.3. The molecule has 4 amide bonds. The number of imide groups is 2. The summed E-state index contributed by atoms with van der Waals surface area (Å²) in [6, 6.07) is 10.0. The number of alkyl halides is 2. The second-order valence-electron chi connectivity index (χ2n) is 10.8. The van der Waals surface area contributed by atoms with Gasteiger partial charge in [0.2, 0.25) is 11.8 Å². The number of carbonyl (C=O) groups excluding carboxylic acids is 4. The fourth-order valence-electron chi connectivity index (χ4n) is 7.02. The van der Waals surface area contributed by atoms with Crippen LogP contribution >= 0.6 is 23.2 Å². The van der Waals surface area contributed by atoms with E-state index in [2.05, 4.69) is 0 Å². The molecule has 2 heterocycles. The van der Waals surface area contributed by atoms with Crippen molar-refractivity contribution in [1.82, 2.24) is 4.90 Å². The van der Waals surface area contributed by atoms with Crippen molar-refractivity contribution in [3.05, 3.63) is 65.2 Å². The monoisotopic (exact) mass is 598 g/mol. The van der Waals surface area contributed by atoms with Gasteiger partial charge in [0.25, 0.3) is 11.8 Å². The van der Waals surface area contributed by atoms with Crippen LogP contribution in [0.15, 0.2) is 54.1 Å². The van der Waals surface area contributed by atoms with Crippen LogP contribution in [0.1, 0.15) is 34.7 Å². The largest absolute Gasteiger partial charge is 0.504 e. The number of allylic oxidation sites excluding steroid dienone is 2. The summed E-state index contributed by atoms with van der Waals surface area (Å²) in [5.74, 6) is -7.13. The molecule has 0 radical (unpaired) electrons. The number of benzene rings is 2. The molecule has 0 aromatic heterocycles. The van der Waals surface area contributed by atoms with Crippen LogP contribution < -0.4 is 9.64 Å². The van der Waals surface area contributed by atoms with Crippen LogP contribution in [0.25, 0.3) is 0 Å². The van der Waals surface area contributed by atoms with E-state index in [1.54, 1.807) is 12.1 Å². The van der Waals surface area contributed by atoms with Crippen molar-refractivity contribution in [3.63, 3.8) is 0 Å². The summed E-state index contributed by atoms with van der Waals surface area (Å²) in [6.07, 6.45) is 1.77. The number of hydrogen-bond acceptors (Lipinski definition) is 7. The highest BCUT2D eigenvalue weighted by Gasteiger charge is 2.75. The average molecular weight is 599 g/mol. The third-order valence-corrected chi connectivity index (χ3v) is 10.3. The maximum atomic E-state index is 14.0. The molecule has 6 rings (SSSR count). The maximum absolute atomic E-state index is 14.0. The van der Waals surface area contributed by atoms with Gasteiger partial charge in [0.15, 0.2) is 21.2 Å². The number of phenols is 1. The summed E-state index contributed by atoms with van der Waals surface area (Å²) in [7, 11) is 2.66. The van der Waals surface area contributed by atoms with Crippen LogP contribution in [0, 0.1) is 17.8 Å². The summed E-state index contributed by atoms with van der Waals surface area (Å²) in [5.41, 5.74) is 1.07. The van der Waals surface area contributed by atoms with E-state index in [0.29, 0.717) is 11.1 Å². The first-order valence-electron chi connectivity index (χ1n) is 12.8. The Kier molecular flexibility index (Phi) is 6.03. The molecule has 0 unspecified atom stereocenters. The molecular weight excluding hydrogens is 575 g/mol. The Morgan fingerprint density at radius 3 is 2.44 bits per heavy atom. The molecular formula is C29H24Cl2N2O8. The molecule has 10 nitrogen and oxygen atoms in total. The normalized spacial score (nSPS) is 32.4. The van der Waals surface area contributed by atoms with Crippen molar-refractivity contribution in [2.75, 3.05) is 19.1 Å². The quantitative estimate of drug-likeness (QED) is 0.310. The van der Waals surface area contributed by atoms with E-state index in [9.17, 15) is 34.2 Å². The number of methoxy groups -OCH3 is 1. The van der Waals surface area contributed by atoms with E-state index in [4.69, 9.17) is 27.9 Å². The number of phenolic OH excluding ortho intramolecular Hbond substituents is 1. The molecule has 2 aromatic rings. The highest BCUT2D eigenvalue weighted by molar-refractivity contribution is 6.53. The van der Waals surface area contributed by atoms with Crippen molar-refractivity contribution in [1.29, 1.82) is 0 Å². The number of likely N-dealkylation sites (tertiary alicyclic amines) is 1. The Morgan fingerprint density at radius 2 is 1.76 bits per heavy atom. The Morgan fingerprint density at radius 1 is 1.02 bits per heavy atom. The van der Waals surface area contributed by atoms with Crippen LogP contribution in [-0.2, 0) is 19.2 Å². The first-order chi connectivity index (χ1) is 19.4. The SMILES string of the molecule is COc1cc([C@H]2C3=CC[C@@H]4C(=O)N(c5cccc(C(=O)O)c5)C(=O)[C@@H]4[C@@H]3C[C@@]3(Cl)C(=O)N(C)C(=O)[C@@]23Cl)ccc1O. The number of hydrogen-bond donors (Lipinski definition) is 2. The second-order valence-corrected chi connectivity index (χ2v) is 12.0. The molecule has 2 aliphatic heterocycles. The van der Waals surface area contributed by atoms with E-state index < -0.39 is 63.0 Å². The minimum atomic E-state index is -1.96. The van der Waals surface area contributed by atoms with Crippen molar-refractivity contribution < 1.29 is 38.9 Å². The molecule has 41 heavy (non-hydrogen) atoms. The van der Waals surface area contributed by atoms with Crippen LogP contribution in [0.3, 0.4) is 0 Å². The number of carboxylic acids is 1. The lowest BCUT2D eigenvalue weighted by Crippen LogP contribution is -2.60. The predicted octanol–water partition coefficient (Wildman–Crippen LogP) is 3.29. The fraction of sp³-hybridized carbons (Fsp3) is 0.345. The lowest BCUT2D eigenvalue weighted by molar-refractivity contribution is -0.138. The van der Waals surface area contributed by atoms with Crippen molar-refractivity contribution in [3.8, 4) is 11.5 Å². The number of aromatic hydroxyl groups is 1. The van der Waals surface area contributed by atoms with E-state index in [-0.39, 0.29) is 35.6 Å². The first-order valence-corrected chi connectivity index (χ1v) is 13.6. The van der Waals surface area contributed by atoms with Gasteiger partial charge in [-0.3, -0.25) is 29.0 Å². The van der Waals surface area contributed by atoms with Gasteiger partial charge in [0, 0.05) is 13.0 Å². The fourth-order valence-corrected chi connectivity index (χ4v) is 8.04. The van der Waals surface area contributed by atoms with E-state index >= 15 is 0 Å². The second kappa shape index (κ2) is 9.06. The Bertz CT molecular complexity index is 1610. The van der Waals surface area contributed by atoms with Crippen molar-refractivity contribution >= 4 is 58.5 Å². The van der Waals surface area contributed by atoms with Crippen LogP contribution in [0.5, 0.6) is 11.5 Å². The van der Waals surface area contributed by atoms with Crippen LogP contribution in [0.4, 0.5) is 5.69 Å². The van der Waals surface area contributed by atoms with E-state index in [0.717, 1.165) is 9.80 Å². The summed E-state index contributed by atoms with van der Waals surface area (Å²) < 4.78 is 5.29. The third-order valence-electron chi connectivity index (χ3n) is 8.90. The zero-order valence-electron chi connectivity index (χ0n) is 21.8. The van der Waals surface area contributed by atoms with Crippen LogP contribution in [0.2, 0.25) is 0 Å². The lowest BCUT2D eigenvalue weighted by Gasteiger charge is -2.50. The first kappa shape index (κ1) is 27.3. The van der Waals surface area contributed by atoms with E-state index in [1.807, 2.05) is 0 Å². The Balaban J connectivity index is 1.51. The zero-order chi connectivity index (χ0) is 29.6. The van der Waals surface area contributed by atoms with Gasteiger partial charge in [-0.15, -0.1) is 23.2 Å². The number of halogens is 2. The number of carboxylic acid groups (broad SMARTS) is 1. The molecule has 212 valence electrons. The highest BCUT2D eigenvalue weighted by atomic mass is 35.5. The van der Waals surface area contributed by atoms with Gasteiger partial charge >= 0.3 is 5.97 Å². The molecule has 2 aromatic carbocycles. The number of ether oxygens (including phenoxy) is 1. The van der Waals surface area contributed by atoms with Gasteiger partial charge in [0.05, 0.1) is 30.2 Å². The molecule has 6 atom stereocenters. The third kappa shape index (κ3) is 3.47. The van der Waals surface area contributed by atoms with Gasteiger partial charge in [-0.05, 0) is 54.7 Å². The predicted molar refractivity (Wildman–Crippen MR) is 146 cm³/mol. The number of nitrogens with zero attached hydrogens (tertiary/aromatic N) is 2. The van der Waals surface area contributed by atoms with Gasteiger partial charge in [-0.25, -0.2) is 4.79 Å². The van der Waals surface area contributed by atoms with Gasteiger partial charge in [-0.1, -0.05) is 23.8 Å². The average Bonchev–Trinajstić information content (AvgIpc) is 3.28. The number of fused-ring (bicyclic) bond motifs is 4. The number of anilines is 1. The van der Waals surface area contributed by atoms with Crippen molar-refractivity contribution in [2.45, 2.75) is 28.5 Å². The molecule has 3 fully saturated rings. The maximum Gasteiger partial charge on any atom is 0.335 e. The van der Waals surface area contributed by atoms with E-state index in [1.165, 1.54) is 50.6 Å². The van der Waals surface area contributed by atoms with Gasteiger partial charge in [-0.2, -0.15) is 0 Å². The summed E-state index contributed by atoms with van der Waals surface area (Å²) in [6.45, 7) is 0. The number of rotatable bonds is 4. The van der Waals surface area contributed by atoms with Gasteiger partial charge in [0.1, 0.15) is 0 Å². The number of aromatic carboxylic acids is 1. The number of carbonyl (C=O) groups is 5. The highest BCUT2D eigenvalue weighted by Crippen LogP contribution is 2.65. The molecule has 2 aliphatic carbocycles. The smallest absolute Gasteiger partial charge is 0.335 e. The molecule has 0 spiro atoms. The zero-order valence-corrected chi connectivity index (χ0v) is 23.3. The van der Waals surface area contributed by atoms with Crippen molar-refractivity contribution in [2.24, 2.45) is 17.8 Å². The number of amides is 4. The molecule has 1 saturated carbocycles. The lowest BCUT2D eigenvalue weighted by atomic mass is 9.56. The molecule has 2 saturated heterocycles. The molecule has 12 heteroatoms. The molecule has 4 aliphatic rings. The summed E-state index contributed by atoms with van der Waals surface area (Å²) in [5, 5.41) is 19.7. The van der Waals surface area contributed by atoms with Crippen LogP contribution in [-0.4, -0.2) is 68.6 Å². The Hall–Kier alpha value is -3.89.